The minimum Gasteiger partial charge on any atom is -0.491 e. The Morgan fingerprint density at radius 2 is 0.625 bits per heavy atom. The molecular formula is C28H51NO11. The highest BCUT2D eigenvalue weighted by atomic mass is 16.6. The van der Waals surface area contributed by atoms with Crippen molar-refractivity contribution >= 4 is 0 Å². The Hall–Kier alpha value is -1.58. The minimum atomic E-state index is 0.456. The van der Waals surface area contributed by atoms with Crippen LogP contribution in [0.3, 0.4) is 0 Å². The standard InChI is InChI=1S/C28H51NO11/c1-2-30-9-10-32-13-14-34-17-18-36-20-22-38-24-26-40-28-5-3-27(4-6-28)39-25-23-37-21-19-35-16-15-33-12-11-31-8-7-29/h3-6H,2,7-26,29H2,1H3. The zero-order valence-corrected chi connectivity index (χ0v) is 24.2. The Balaban J connectivity index is 1.82. The van der Waals surface area contributed by atoms with Gasteiger partial charge in [0, 0.05) is 13.2 Å². The third kappa shape index (κ3) is 25.4. The van der Waals surface area contributed by atoms with Crippen molar-refractivity contribution in [3.8, 4) is 11.5 Å². The van der Waals surface area contributed by atoms with Crippen molar-refractivity contribution in [2.24, 2.45) is 5.73 Å². The second-order valence-corrected chi connectivity index (χ2v) is 8.05. The molecule has 0 saturated heterocycles. The lowest BCUT2D eigenvalue weighted by atomic mass is 10.3. The zero-order valence-electron chi connectivity index (χ0n) is 24.2. The minimum absolute atomic E-state index is 0.456. The van der Waals surface area contributed by atoms with E-state index in [0.29, 0.717) is 139 Å². The molecule has 0 heterocycles. The molecule has 0 fully saturated rings. The van der Waals surface area contributed by atoms with Gasteiger partial charge in [0.05, 0.1) is 112 Å². The molecule has 0 unspecified atom stereocenters. The molecule has 1 rings (SSSR count). The van der Waals surface area contributed by atoms with E-state index in [1.807, 2.05) is 31.2 Å². The number of hydrogen-bond acceptors (Lipinski definition) is 12. The SMILES string of the molecule is CCOCCOCCOCCOCCOCCOc1ccc(OCCOCCOCCOCCOCCN)cc1. The van der Waals surface area contributed by atoms with Crippen molar-refractivity contribution in [2.75, 3.05) is 139 Å². The average molecular weight is 578 g/mol. The summed E-state index contributed by atoms with van der Waals surface area (Å²) in [5.74, 6) is 1.51. The van der Waals surface area contributed by atoms with Gasteiger partial charge in [-0.05, 0) is 31.2 Å². The summed E-state index contributed by atoms with van der Waals surface area (Å²) in [6.45, 7) is 13.2. The molecule has 0 aliphatic rings. The van der Waals surface area contributed by atoms with Crippen LogP contribution >= 0.6 is 0 Å². The van der Waals surface area contributed by atoms with Crippen molar-refractivity contribution in [1.82, 2.24) is 0 Å². The third-order valence-corrected chi connectivity index (χ3v) is 4.89. The fourth-order valence-electron chi connectivity index (χ4n) is 2.94. The van der Waals surface area contributed by atoms with E-state index in [-0.39, 0.29) is 0 Å². The maximum atomic E-state index is 5.68. The maximum Gasteiger partial charge on any atom is 0.119 e. The summed E-state index contributed by atoms with van der Waals surface area (Å²) in [6.07, 6.45) is 0. The summed E-state index contributed by atoms with van der Waals surface area (Å²) in [6, 6.07) is 7.46. The predicted molar refractivity (Wildman–Crippen MR) is 150 cm³/mol. The van der Waals surface area contributed by atoms with E-state index in [9.17, 15) is 0 Å². The largest absolute Gasteiger partial charge is 0.491 e. The molecule has 0 saturated carbocycles. The van der Waals surface area contributed by atoms with Crippen LogP contribution in [0, 0.1) is 0 Å². The summed E-state index contributed by atoms with van der Waals surface area (Å²) in [5, 5.41) is 0. The lowest BCUT2D eigenvalue weighted by Gasteiger charge is -2.10. The summed E-state index contributed by atoms with van der Waals surface area (Å²) in [7, 11) is 0. The highest BCUT2D eigenvalue weighted by molar-refractivity contribution is 5.31. The van der Waals surface area contributed by atoms with E-state index in [0.717, 1.165) is 11.5 Å². The Morgan fingerprint density at radius 1 is 0.375 bits per heavy atom. The van der Waals surface area contributed by atoms with Crippen LogP contribution in [-0.4, -0.2) is 139 Å². The number of benzene rings is 1. The van der Waals surface area contributed by atoms with Crippen LogP contribution < -0.4 is 15.2 Å². The van der Waals surface area contributed by atoms with Crippen LogP contribution in [0.5, 0.6) is 11.5 Å². The Labute approximate surface area is 239 Å². The van der Waals surface area contributed by atoms with E-state index in [4.69, 9.17) is 57.8 Å². The molecule has 1 aromatic rings. The van der Waals surface area contributed by atoms with Gasteiger partial charge >= 0.3 is 0 Å². The molecule has 12 heteroatoms. The summed E-state index contributed by atoms with van der Waals surface area (Å²) >= 11 is 0. The van der Waals surface area contributed by atoms with Crippen molar-refractivity contribution < 1.29 is 52.1 Å². The third-order valence-electron chi connectivity index (χ3n) is 4.89. The first-order valence-corrected chi connectivity index (χ1v) is 14.1. The Morgan fingerprint density at radius 3 is 0.900 bits per heavy atom. The number of hydrogen-bond donors (Lipinski definition) is 1. The second kappa shape index (κ2) is 30.4. The van der Waals surface area contributed by atoms with Crippen molar-refractivity contribution in [3.05, 3.63) is 24.3 Å². The molecule has 0 atom stereocenters. The summed E-state index contributed by atoms with van der Waals surface area (Å²) in [5.41, 5.74) is 5.33. The van der Waals surface area contributed by atoms with Gasteiger partial charge in [-0.2, -0.15) is 0 Å². The molecular weight excluding hydrogens is 526 g/mol. The first kappa shape index (κ1) is 36.4. The second-order valence-electron chi connectivity index (χ2n) is 8.05. The zero-order chi connectivity index (χ0) is 28.6. The average Bonchev–Trinajstić information content (AvgIpc) is 2.98. The highest BCUT2D eigenvalue weighted by Crippen LogP contribution is 2.17. The molecule has 40 heavy (non-hydrogen) atoms. The van der Waals surface area contributed by atoms with Crippen molar-refractivity contribution in [2.45, 2.75) is 6.92 Å². The van der Waals surface area contributed by atoms with Crippen LogP contribution in [0.4, 0.5) is 0 Å². The van der Waals surface area contributed by atoms with Gasteiger partial charge in [-0.25, -0.2) is 0 Å². The van der Waals surface area contributed by atoms with Crippen LogP contribution in [0.25, 0.3) is 0 Å². The van der Waals surface area contributed by atoms with Gasteiger partial charge < -0.3 is 57.8 Å². The molecule has 1 aromatic carbocycles. The van der Waals surface area contributed by atoms with Gasteiger partial charge in [-0.1, -0.05) is 0 Å². The number of rotatable bonds is 32. The first-order chi connectivity index (χ1) is 19.9. The van der Waals surface area contributed by atoms with Gasteiger partial charge in [0.1, 0.15) is 24.7 Å². The molecule has 0 aromatic heterocycles. The molecule has 0 aliphatic heterocycles. The van der Waals surface area contributed by atoms with E-state index < -0.39 is 0 Å². The van der Waals surface area contributed by atoms with Gasteiger partial charge in [-0.3, -0.25) is 0 Å². The molecule has 0 spiro atoms. The van der Waals surface area contributed by atoms with Crippen LogP contribution in [0.1, 0.15) is 6.92 Å². The van der Waals surface area contributed by atoms with Gasteiger partial charge in [-0.15, -0.1) is 0 Å². The molecule has 234 valence electrons. The van der Waals surface area contributed by atoms with E-state index in [1.54, 1.807) is 0 Å². The van der Waals surface area contributed by atoms with Gasteiger partial charge in [0.25, 0.3) is 0 Å². The lowest BCUT2D eigenvalue weighted by molar-refractivity contribution is -0.0119. The van der Waals surface area contributed by atoms with E-state index in [2.05, 4.69) is 0 Å². The fraction of sp³-hybridized carbons (Fsp3) is 0.786. The van der Waals surface area contributed by atoms with Gasteiger partial charge in [0.15, 0.2) is 0 Å². The Bertz CT molecular complexity index is 625. The molecule has 0 radical (unpaired) electrons. The van der Waals surface area contributed by atoms with Crippen LogP contribution in [0.2, 0.25) is 0 Å². The van der Waals surface area contributed by atoms with Crippen molar-refractivity contribution in [3.63, 3.8) is 0 Å². The number of ether oxygens (including phenoxy) is 11. The van der Waals surface area contributed by atoms with E-state index in [1.165, 1.54) is 0 Å². The summed E-state index contributed by atoms with van der Waals surface area (Å²) < 4.78 is 59.9. The smallest absolute Gasteiger partial charge is 0.119 e. The maximum absolute atomic E-state index is 5.68. The summed E-state index contributed by atoms with van der Waals surface area (Å²) in [4.78, 5) is 0. The molecule has 12 nitrogen and oxygen atoms in total. The molecule has 0 aliphatic carbocycles. The van der Waals surface area contributed by atoms with Crippen LogP contribution in [-0.2, 0) is 42.6 Å². The first-order valence-electron chi connectivity index (χ1n) is 14.1. The van der Waals surface area contributed by atoms with Gasteiger partial charge in [0.2, 0.25) is 0 Å². The molecule has 2 N–H and O–H groups in total. The normalized spacial score (nSPS) is 11.2. The Kier molecular flexibility index (Phi) is 27.7. The predicted octanol–water partition coefficient (Wildman–Crippen LogP) is 1.57. The quantitative estimate of drug-likeness (QED) is 0.125. The van der Waals surface area contributed by atoms with Crippen molar-refractivity contribution in [1.29, 1.82) is 0 Å². The lowest BCUT2D eigenvalue weighted by Crippen LogP contribution is -2.15. The van der Waals surface area contributed by atoms with Crippen LogP contribution in [0.15, 0.2) is 24.3 Å². The highest BCUT2D eigenvalue weighted by Gasteiger charge is 1.99. The molecule has 0 amide bonds. The topological polar surface area (TPSA) is 128 Å². The molecule has 0 bridgehead atoms. The number of nitrogens with two attached hydrogens (primary N) is 1. The fourth-order valence-corrected chi connectivity index (χ4v) is 2.94. The van der Waals surface area contributed by atoms with E-state index >= 15 is 0 Å². The monoisotopic (exact) mass is 577 g/mol.